The molecule has 1 aromatic heterocycles. The molecule has 0 radical (unpaired) electrons. The molecule has 0 unspecified atom stereocenters. The number of benzene rings is 1. The third kappa shape index (κ3) is 2.92. The van der Waals surface area contributed by atoms with E-state index in [1.165, 1.54) is 10.2 Å². The molecule has 0 bridgehead atoms. The lowest BCUT2D eigenvalue weighted by Gasteiger charge is -2.18. The molecule has 0 saturated carbocycles. The second-order valence-corrected chi connectivity index (χ2v) is 5.51. The molecule has 5 heteroatoms. The number of H-pyrrole nitrogens is 1. The molecule has 1 N–H and O–H groups in total. The summed E-state index contributed by atoms with van der Waals surface area (Å²) in [4.78, 5) is 0. The van der Waals surface area contributed by atoms with Crippen molar-refractivity contribution < 1.29 is 0 Å². The Bertz CT molecular complexity index is 599. The van der Waals surface area contributed by atoms with Crippen LogP contribution in [0, 0.1) is 4.77 Å². The Morgan fingerprint density at radius 1 is 1.28 bits per heavy atom. The second kappa shape index (κ2) is 4.86. The van der Waals surface area contributed by atoms with Gasteiger partial charge in [-0.3, -0.25) is 5.10 Å². The van der Waals surface area contributed by atoms with Crippen LogP contribution in [0.25, 0.3) is 0 Å². The predicted octanol–water partition coefficient (Wildman–Crippen LogP) is 3.12. The third-order valence-corrected chi connectivity index (χ3v) is 2.92. The number of nitrogens with one attached hydrogen (secondary N) is 1. The number of aromatic amines is 1. The van der Waals surface area contributed by atoms with Crippen LogP contribution < -0.4 is 0 Å². The standard InChI is InChI=1S/C13H16N4S/c1-13(2,3)11-6-4-10(5-7-11)8-15-17-9-14-16-12(17)18/h4-9H,1-3H3,(H,16,18)/b15-8+. The number of nitrogens with zero attached hydrogens (tertiary/aromatic N) is 3. The summed E-state index contributed by atoms with van der Waals surface area (Å²) >= 11 is 5.00. The number of hydrogen-bond acceptors (Lipinski definition) is 3. The zero-order valence-electron chi connectivity index (χ0n) is 10.7. The lowest BCUT2D eigenvalue weighted by Crippen LogP contribution is -2.10. The Kier molecular flexibility index (Phi) is 3.43. The monoisotopic (exact) mass is 260 g/mol. The van der Waals surface area contributed by atoms with Crippen LogP contribution in [-0.4, -0.2) is 21.1 Å². The van der Waals surface area contributed by atoms with Crippen molar-refractivity contribution in [1.29, 1.82) is 0 Å². The Labute approximate surface area is 111 Å². The molecule has 0 amide bonds. The topological polar surface area (TPSA) is 46.0 Å². The minimum atomic E-state index is 0.169. The van der Waals surface area contributed by atoms with E-state index in [0.29, 0.717) is 4.77 Å². The fraction of sp³-hybridized carbons (Fsp3) is 0.308. The van der Waals surface area contributed by atoms with Gasteiger partial charge in [0.15, 0.2) is 0 Å². The van der Waals surface area contributed by atoms with Crippen LogP contribution in [0.1, 0.15) is 31.9 Å². The van der Waals surface area contributed by atoms with Crippen LogP contribution in [0.3, 0.4) is 0 Å². The van der Waals surface area contributed by atoms with E-state index in [1.54, 1.807) is 12.5 Å². The van der Waals surface area contributed by atoms with Gasteiger partial charge in [-0.2, -0.15) is 14.9 Å². The van der Waals surface area contributed by atoms with Crippen molar-refractivity contribution in [2.75, 3.05) is 0 Å². The molecular formula is C13H16N4S. The Balaban J connectivity index is 2.19. The van der Waals surface area contributed by atoms with Gasteiger partial charge in [-0.15, -0.1) is 0 Å². The van der Waals surface area contributed by atoms with Crippen molar-refractivity contribution in [3.8, 4) is 0 Å². The van der Waals surface area contributed by atoms with E-state index in [4.69, 9.17) is 12.2 Å². The average molecular weight is 260 g/mol. The van der Waals surface area contributed by atoms with Gasteiger partial charge >= 0.3 is 0 Å². The SMILES string of the molecule is CC(C)(C)c1ccc(/C=N/n2cn[nH]c2=S)cc1. The maximum Gasteiger partial charge on any atom is 0.216 e. The summed E-state index contributed by atoms with van der Waals surface area (Å²) in [7, 11) is 0. The molecule has 1 heterocycles. The average Bonchev–Trinajstić information content (AvgIpc) is 2.72. The van der Waals surface area contributed by atoms with E-state index in [1.807, 2.05) is 12.1 Å². The van der Waals surface area contributed by atoms with E-state index in [9.17, 15) is 0 Å². The highest BCUT2D eigenvalue weighted by molar-refractivity contribution is 7.71. The molecule has 2 aromatic rings. The number of aromatic nitrogens is 3. The van der Waals surface area contributed by atoms with E-state index in [-0.39, 0.29) is 5.41 Å². The minimum Gasteiger partial charge on any atom is -0.250 e. The van der Waals surface area contributed by atoms with E-state index >= 15 is 0 Å². The first kappa shape index (κ1) is 12.7. The summed E-state index contributed by atoms with van der Waals surface area (Å²) in [5.41, 5.74) is 2.51. The molecule has 0 saturated heterocycles. The van der Waals surface area contributed by atoms with Crippen molar-refractivity contribution in [3.63, 3.8) is 0 Å². The van der Waals surface area contributed by atoms with Gasteiger partial charge in [-0.1, -0.05) is 45.0 Å². The summed E-state index contributed by atoms with van der Waals surface area (Å²) in [5, 5.41) is 10.7. The van der Waals surface area contributed by atoms with Crippen LogP contribution in [0.2, 0.25) is 0 Å². The van der Waals surface area contributed by atoms with Gasteiger partial charge in [0.2, 0.25) is 4.77 Å². The first-order chi connectivity index (χ1) is 8.47. The summed E-state index contributed by atoms with van der Waals surface area (Å²) in [5.74, 6) is 0. The lowest BCUT2D eigenvalue weighted by molar-refractivity contribution is 0.590. The third-order valence-electron chi connectivity index (χ3n) is 2.64. The van der Waals surface area contributed by atoms with Crippen molar-refractivity contribution in [1.82, 2.24) is 14.9 Å². The van der Waals surface area contributed by atoms with Gasteiger partial charge in [-0.05, 0) is 28.8 Å². The molecule has 0 aliphatic heterocycles. The first-order valence-electron chi connectivity index (χ1n) is 5.74. The summed E-state index contributed by atoms with van der Waals surface area (Å²) < 4.78 is 2.00. The Morgan fingerprint density at radius 2 is 1.94 bits per heavy atom. The molecule has 4 nitrogen and oxygen atoms in total. The summed E-state index contributed by atoms with van der Waals surface area (Å²) in [6, 6.07) is 8.34. The van der Waals surface area contributed by atoms with Crippen LogP contribution >= 0.6 is 12.2 Å². The quantitative estimate of drug-likeness (QED) is 0.666. The van der Waals surface area contributed by atoms with Gasteiger partial charge < -0.3 is 0 Å². The Hall–Kier alpha value is -1.75. The zero-order chi connectivity index (χ0) is 13.2. The van der Waals surface area contributed by atoms with Crippen molar-refractivity contribution >= 4 is 18.4 Å². The number of rotatable bonds is 2. The first-order valence-corrected chi connectivity index (χ1v) is 6.14. The second-order valence-electron chi connectivity index (χ2n) is 5.12. The van der Waals surface area contributed by atoms with Gasteiger partial charge in [0.25, 0.3) is 0 Å². The summed E-state index contributed by atoms with van der Waals surface area (Å²) in [6.45, 7) is 6.59. The molecular weight excluding hydrogens is 244 g/mol. The highest BCUT2D eigenvalue weighted by atomic mass is 32.1. The maximum absolute atomic E-state index is 5.00. The van der Waals surface area contributed by atoms with Crippen molar-refractivity contribution in [3.05, 3.63) is 46.5 Å². The highest BCUT2D eigenvalue weighted by Gasteiger charge is 2.12. The van der Waals surface area contributed by atoms with Crippen LogP contribution in [0.4, 0.5) is 0 Å². The Morgan fingerprint density at radius 3 is 2.44 bits per heavy atom. The minimum absolute atomic E-state index is 0.169. The fourth-order valence-electron chi connectivity index (χ4n) is 1.52. The molecule has 94 valence electrons. The van der Waals surface area contributed by atoms with Crippen LogP contribution in [0.5, 0.6) is 0 Å². The molecule has 1 aromatic carbocycles. The molecule has 0 spiro atoms. The van der Waals surface area contributed by atoms with Gasteiger partial charge in [-0.25, -0.2) is 0 Å². The number of hydrogen-bond donors (Lipinski definition) is 1. The zero-order valence-corrected chi connectivity index (χ0v) is 11.5. The fourth-order valence-corrected chi connectivity index (χ4v) is 1.67. The van der Waals surface area contributed by atoms with Crippen LogP contribution in [0.15, 0.2) is 35.7 Å². The molecule has 0 fully saturated rings. The van der Waals surface area contributed by atoms with Gasteiger partial charge in [0, 0.05) is 0 Å². The summed E-state index contributed by atoms with van der Waals surface area (Å²) in [6.07, 6.45) is 3.31. The largest absolute Gasteiger partial charge is 0.250 e. The van der Waals surface area contributed by atoms with Crippen molar-refractivity contribution in [2.45, 2.75) is 26.2 Å². The molecule has 0 aliphatic rings. The lowest BCUT2D eigenvalue weighted by atomic mass is 9.87. The van der Waals surface area contributed by atoms with Crippen LogP contribution in [-0.2, 0) is 5.41 Å². The predicted molar refractivity (Wildman–Crippen MR) is 75.5 cm³/mol. The maximum atomic E-state index is 5.00. The molecule has 0 atom stereocenters. The molecule has 0 aliphatic carbocycles. The molecule has 18 heavy (non-hydrogen) atoms. The van der Waals surface area contributed by atoms with Crippen molar-refractivity contribution in [2.24, 2.45) is 5.10 Å². The van der Waals surface area contributed by atoms with Gasteiger partial charge in [0.05, 0.1) is 6.21 Å². The van der Waals surface area contributed by atoms with E-state index in [0.717, 1.165) is 5.56 Å². The normalized spacial score (nSPS) is 12.2. The van der Waals surface area contributed by atoms with Gasteiger partial charge in [0.1, 0.15) is 6.33 Å². The smallest absolute Gasteiger partial charge is 0.216 e. The van der Waals surface area contributed by atoms with E-state index in [2.05, 4.69) is 48.2 Å². The van der Waals surface area contributed by atoms with E-state index < -0.39 is 0 Å². The molecule has 2 rings (SSSR count). The highest BCUT2D eigenvalue weighted by Crippen LogP contribution is 2.21.